The summed E-state index contributed by atoms with van der Waals surface area (Å²) in [5.41, 5.74) is 1.20. The van der Waals surface area contributed by atoms with Crippen LogP contribution in [0.3, 0.4) is 0 Å². The van der Waals surface area contributed by atoms with Crippen LogP contribution in [0.4, 0.5) is 5.69 Å². The highest BCUT2D eigenvalue weighted by molar-refractivity contribution is 7.98. The van der Waals surface area contributed by atoms with Gasteiger partial charge in [0, 0.05) is 30.7 Å². The molecule has 1 atom stereocenters. The van der Waals surface area contributed by atoms with E-state index in [1.165, 1.54) is 17.7 Å². The van der Waals surface area contributed by atoms with Gasteiger partial charge in [-0.05, 0) is 11.6 Å². The van der Waals surface area contributed by atoms with E-state index in [0.717, 1.165) is 18.1 Å². The van der Waals surface area contributed by atoms with Crippen molar-refractivity contribution in [1.82, 2.24) is 5.32 Å². The van der Waals surface area contributed by atoms with Gasteiger partial charge in [-0.1, -0.05) is 42.5 Å². The van der Waals surface area contributed by atoms with E-state index in [4.69, 9.17) is 4.74 Å². The Kier molecular flexibility index (Phi) is 8.24. The van der Waals surface area contributed by atoms with E-state index in [1.54, 1.807) is 12.1 Å². The summed E-state index contributed by atoms with van der Waals surface area (Å²) in [6, 6.07) is 16.4. The van der Waals surface area contributed by atoms with E-state index in [2.05, 4.69) is 17.4 Å². The Morgan fingerprint density at radius 1 is 1.16 bits per heavy atom. The second-order valence-corrected chi connectivity index (χ2v) is 6.54. The molecular weight excluding hydrogens is 340 g/mol. The van der Waals surface area contributed by atoms with E-state index in [-0.39, 0.29) is 18.0 Å². The number of hydrogen-bond donors (Lipinski definition) is 2. The van der Waals surface area contributed by atoms with Crippen molar-refractivity contribution < 1.29 is 14.8 Å². The van der Waals surface area contributed by atoms with E-state index in [0.29, 0.717) is 6.54 Å². The second kappa shape index (κ2) is 10.7. The Hall–Kier alpha value is -2.09. The number of benzene rings is 2. The van der Waals surface area contributed by atoms with Crippen LogP contribution >= 0.6 is 11.8 Å². The number of aliphatic hydroxyl groups is 1. The number of aliphatic hydroxyl groups excluding tert-OH is 1. The molecule has 0 radical (unpaired) electrons. The van der Waals surface area contributed by atoms with Crippen LogP contribution in [0.15, 0.2) is 54.6 Å². The van der Waals surface area contributed by atoms with Gasteiger partial charge in [-0.2, -0.15) is 11.8 Å². The first-order valence-electron chi connectivity index (χ1n) is 8.03. The molecule has 0 spiro atoms. The molecule has 0 aliphatic carbocycles. The molecule has 7 heteroatoms. The van der Waals surface area contributed by atoms with Crippen LogP contribution in [0, 0.1) is 10.1 Å². The summed E-state index contributed by atoms with van der Waals surface area (Å²) in [6.45, 7) is 1.17. The topological polar surface area (TPSA) is 84.6 Å². The molecule has 0 amide bonds. The summed E-state index contributed by atoms with van der Waals surface area (Å²) in [4.78, 5) is 10.4. The van der Waals surface area contributed by atoms with Gasteiger partial charge in [0.15, 0.2) is 5.75 Å². The van der Waals surface area contributed by atoms with Gasteiger partial charge in [0.25, 0.3) is 0 Å². The van der Waals surface area contributed by atoms with Gasteiger partial charge < -0.3 is 15.2 Å². The fourth-order valence-corrected chi connectivity index (χ4v) is 3.01. The predicted molar refractivity (Wildman–Crippen MR) is 100 cm³/mol. The van der Waals surface area contributed by atoms with Crippen molar-refractivity contribution in [1.29, 1.82) is 0 Å². The van der Waals surface area contributed by atoms with Gasteiger partial charge in [0.2, 0.25) is 0 Å². The molecular formula is C18H22N2O4S. The Balaban J connectivity index is 1.58. The Morgan fingerprint density at radius 2 is 1.88 bits per heavy atom. The van der Waals surface area contributed by atoms with Gasteiger partial charge in [-0.3, -0.25) is 10.1 Å². The lowest BCUT2D eigenvalue weighted by Gasteiger charge is -2.13. The molecule has 2 N–H and O–H groups in total. The summed E-state index contributed by atoms with van der Waals surface area (Å²) in [5, 5.41) is 24.0. The molecule has 0 bridgehead atoms. The lowest BCUT2D eigenvalue weighted by atomic mass is 10.2. The number of thioether (sulfide) groups is 1. The highest BCUT2D eigenvalue weighted by Gasteiger charge is 2.15. The number of hydrogen-bond acceptors (Lipinski definition) is 6. The van der Waals surface area contributed by atoms with E-state index in [9.17, 15) is 15.2 Å². The summed E-state index contributed by atoms with van der Waals surface area (Å²) in [6.07, 6.45) is -0.723. The maximum atomic E-state index is 10.9. The van der Waals surface area contributed by atoms with Gasteiger partial charge in [0.05, 0.1) is 4.92 Å². The SMILES string of the molecule is O=[N+]([O-])c1ccccc1OCC(O)CNCCSCc1ccccc1. The van der Waals surface area contributed by atoms with E-state index >= 15 is 0 Å². The zero-order valence-electron chi connectivity index (χ0n) is 13.8. The highest BCUT2D eigenvalue weighted by Crippen LogP contribution is 2.25. The summed E-state index contributed by atoms with van der Waals surface area (Å²) < 4.78 is 5.36. The Morgan fingerprint density at radius 3 is 2.64 bits per heavy atom. The van der Waals surface area contributed by atoms with Crippen LogP contribution in [0.2, 0.25) is 0 Å². The molecule has 2 rings (SSSR count). The van der Waals surface area contributed by atoms with E-state index < -0.39 is 11.0 Å². The minimum absolute atomic E-state index is 0.00894. The molecule has 0 aliphatic rings. The van der Waals surface area contributed by atoms with E-state index in [1.807, 2.05) is 30.0 Å². The van der Waals surface area contributed by atoms with Gasteiger partial charge in [-0.25, -0.2) is 0 Å². The summed E-state index contributed by atoms with van der Waals surface area (Å²) >= 11 is 1.82. The maximum Gasteiger partial charge on any atom is 0.310 e. The first-order valence-corrected chi connectivity index (χ1v) is 9.19. The lowest BCUT2D eigenvalue weighted by molar-refractivity contribution is -0.385. The summed E-state index contributed by atoms with van der Waals surface area (Å²) in [5.74, 6) is 2.07. The molecule has 25 heavy (non-hydrogen) atoms. The molecule has 0 saturated heterocycles. The van der Waals surface area contributed by atoms with Crippen molar-refractivity contribution in [3.63, 3.8) is 0 Å². The van der Waals surface area contributed by atoms with Crippen LogP contribution in [0.5, 0.6) is 5.75 Å². The molecule has 134 valence electrons. The van der Waals surface area contributed by atoms with Crippen LogP contribution in [-0.4, -0.2) is 41.6 Å². The standard InChI is InChI=1S/C18H22N2O4S/c21-16(13-24-18-9-5-4-8-17(18)20(22)23)12-19-10-11-25-14-15-6-2-1-3-7-15/h1-9,16,19,21H,10-14H2. The van der Waals surface area contributed by atoms with Crippen molar-refractivity contribution in [2.24, 2.45) is 0 Å². The first kappa shape index (κ1) is 19.2. The second-order valence-electron chi connectivity index (χ2n) is 5.43. The molecule has 6 nitrogen and oxygen atoms in total. The van der Waals surface area contributed by atoms with Crippen LogP contribution in [0.1, 0.15) is 5.56 Å². The monoisotopic (exact) mass is 362 g/mol. The molecule has 0 aliphatic heterocycles. The van der Waals surface area contributed by atoms with Gasteiger partial charge in [0.1, 0.15) is 12.7 Å². The quantitative estimate of drug-likeness (QED) is 0.363. The number of nitro groups is 1. The molecule has 1 unspecified atom stereocenters. The van der Waals surface area contributed by atoms with Crippen molar-refractivity contribution in [2.45, 2.75) is 11.9 Å². The third-order valence-electron chi connectivity index (χ3n) is 3.41. The molecule has 0 saturated carbocycles. The van der Waals surface area contributed by atoms with Crippen LogP contribution in [0.25, 0.3) is 0 Å². The van der Waals surface area contributed by atoms with Crippen molar-refractivity contribution >= 4 is 17.4 Å². The Bertz CT molecular complexity index is 655. The number of ether oxygens (including phenoxy) is 1. The minimum Gasteiger partial charge on any atom is -0.484 e. The van der Waals surface area contributed by atoms with Crippen molar-refractivity contribution in [3.8, 4) is 5.75 Å². The number of nitro benzene ring substituents is 1. The first-order chi connectivity index (χ1) is 12.2. The lowest BCUT2D eigenvalue weighted by Crippen LogP contribution is -2.32. The molecule has 2 aromatic rings. The summed E-state index contributed by atoms with van der Waals surface area (Å²) in [7, 11) is 0. The van der Waals surface area contributed by atoms with Crippen molar-refractivity contribution in [2.75, 3.05) is 25.4 Å². The fourth-order valence-electron chi connectivity index (χ4n) is 2.15. The molecule has 0 fully saturated rings. The zero-order valence-corrected chi connectivity index (χ0v) is 14.7. The third-order valence-corrected chi connectivity index (χ3v) is 4.44. The average molecular weight is 362 g/mol. The van der Waals surface area contributed by atoms with Gasteiger partial charge >= 0.3 is 5.69 Å². The Labute approximate surface area is 151 Å². The fraction of sp³-hybridized carbons (Fsp3) is 0.333. The minimum atomic E-state index is -0.723. The van der Waals surface area contributed by atoms with Crippen molar-refractivity contribution in [3.05, 3.63) is 70.3 Å². The largest absolute Gasteiger partial charge is 0.484 e. The number of nitrogens with zero attached hydrogens (tertiary/aromatic N) is 1. The smallest absolute Gasteiger partial charge is 0.310 e. The zero-order chi connectivity index (χ0) is 17.9. The van der Waals surface area contributed by atoms with Crippen LogP contribution < -0.4 is 10.1 Å². The number of para-hydroxylation sites is 2. The number of nitrogens with one attached hydrogen (secondary N) is 1. The third kappa shape index (κ3) is 7.13. The van der Waals surface area contributed by atoms with Crippen LogP contribution in [-0.2, 0) is 5.75 Å². The molecule has 0 aromatic heterocycles. The van der Waals surface area contributed by atoms with Gasteiger partial charge in [-0.15, -0.1) is 0 Å². The molecule has 0 heterocycles. The normalized spacial score (nSPS) is 11.9. The maximum absolute atomic E-state index is 10.9. The number of rotatable bonds is 11. The molecule has 2 aromatic carbocycles. The highest BCUT2D eigenvalue weighted by atomic mass is 32.2. The predicted octanol–water partition coefficient (Wildman–Crippen LogP) is 2.86. The average Bonchev–Trinajstić information content (AvgIpc) is 2.64.